The van der Waals surface area contributed by atoms with Crippen LogP contribution in [0.25, 0.3) is 0 Å². The first-order chi connectivity index (χ1) is 9.06. The maximum absolute atomic E-state index is 13.0. The van der Waals surface area contributed by atoms with E-state index in [0.717, 1.165) is 19.2 Å². The largest absolute Gasteiger partial charge is 0.478 e. The molecule has 0 saturated carbocycles. The third-order valence-corrected chi connectivity index (χ3v) is 3.07. The summed E-state index contributed by atoms with van der Waals surface area (Å²) >= 11 is 0. The summed E-state index contributed by atoms with van der Waals surface area (Å²) < 4.78 is 18.6. The van der Waals surface area contributed by atoms with Gasteiger partial charge >= 0.3 is 5.97 Å². The van der Waals surface area contributed by atoms with E-state index in [4.69, 9.17) is 9.84 Å². The number of anilines is 1. The number of hydrogen-bond acceptors (Lipinski definition) is 4. The van der Waals surface area contributed by atoms with E-state index in [1.54, 1.807) is 0 Å². The normalized spacial score (nSPS) is 20.2. The minimum absolute atomic E-state index is 0.00504. The van der Waals surface area contributed by atoms with E-state index >= 15 is 0 Å². The molecule has 0 spiro atoms. The monoisotopic (exact) mass is 268 g/mol. The number of rotatable bonds is 4. The van der Waals surface area contributed by atoms with Crippen molar-refractivity contribution < 1.29 is 19.0 Å². The van der Waals surface area contributed by atoms with Gasteiger partial charge in [-0.1, -0.05) is 0 Å². The van der Waals surface area contributed by atoms with Crippen molar-refractivity contribution in [2.45, 2.75) is 6.10 Å². The number of ether oxygens (including phenoxy) is 1. The zero-order valence-electron chi connectivity index (χ0n) is 10.7. The van der Waals surface area contributed by atoms with Crippen LogP contribution < -0.4 is 5.32 Å². The molecule has 1 aromatic rings. The van der Waals surface area contributed by atoms with Gasteiger partial charge in [-0.05, 0) is 25.2 Å². The van der Waals surface area contributed by atoms with Crippen LogP contribution in [0.15, 0.2) is 18.2 Å². The summed E-state index contributed by atoms with van der Waals surface area (Å²) in [6.07, 6.45) is 0.00504. The molecule has 19 heavy (non-hydrogen) atoms. The maximum atomic E-state index is 13.0. The molecule has 0 amide bonds. The van der Waals surface area contributed by atoms with E-state index in [-0.39, 0.29) is 11.7 Å². The quantitative estimate of drug-likeness (QED) is 0.861. The summed E-state index contributed by atoms with van der Waals surface area (Å²) in [7, 11) is 2.01. The summed E-state index contributed by atoms with van der Waals surface area (Å²) in [4.78, 5) is 13.2. The van der Waals surface area contributed by atoms with Gasteiger partial charge in [-0.25, -0.2) is 9.18 Å². The van der Waals surface area contributed by atoms with Gasteiger partial charge < -0.3 is 20.1 Å². The predicted octanol–water partition coefficient (Wildman–Crippen LogP) is 1.27. The van der Waals surface area contributed by atoms with E-state index in [1.807, 2.05) is 7.05 Å². The van der Waals surface area contributed by atoms with Gasteiger partial charge in [0.2, 0.25) is 0 Å². The Morgan fingerprint density at radius 1 is 1.63 bits per heavy atom. The third kappa shape index (κ3) is 3.65. The molecular weight excluding hydrogens is 251 g/mol. The smallest absolute Gasteiger partial charge is 0.337 e. The molecule has 1 heterocycles. The SMILES string of the molecule is CN1CCOC(CNc2ccc(F)cc2C(=O)O)C1. The first kappa shape index (κ1) is 13.8. The van der Waals surface area contributed by atoms with Gasteiger partial charge in [-0.15, -0.1) is 0 Å². The van der Waals surface area contributed by atoms with Crippen molar-refractivity contribution in [3.05, 3.63) is 29.6 Å². The molecule has 1 aliphatic heterocycles. The van der Waals surface area contributed by atoms with Crippen molar-refractivity contribution in [1.29, 1.82) is 0 Å². The highest BCUT2D eigenvalue weighted by Crippen LogP contribution is 2.17. The van der Waals surface area contributed by atoms with E-state index in [1.165, 1.54) is 12.1 Å². The van der Waals surface area contributed by atoms with E-state index in [0.29, 0.717) is 18.8 Å². The molecule has 1 aromatic carbocycles. The second kappa shape index (κ2) is 5.99. The van der Waals surface area contributed by atoms with Crippen LogP contribution in [0, 0.1) is 5.82 Å². The number of carboxylic acid groups (broad SMARTS) is 1. The summed E-state index contributed by atoms with van der Waals surface area (Å²) in [5.74, 6) is -1.71. The van der Waals surface area contributed by atoms with Crippen molar-refractivity contribution >= 4 is 11.7 Å². The molecule has 2 N–H and O–H groups in total. The molecule has 0 radical (unpaired) electrons. The number of benzene rings is 1. The van der Waals surface area contributed by atoms with Gasteiger partial charge in [-0.3, -0.25) is 0 Å². The Morgan fingerprint density at radius 3 is 3.11 bits per heavy atom. The number of halogens is 1. The van der Waals surface area contributed by atoms with Gasteiger partial charge in [0.1, 0.15) is 5.82 Å². The molecule has 2 rings (SSSR count). The Morgan fingerprint density at radius 2 is 2.42 bits per heavy atom. The molecule has 104 valence electrons. The lowest BCUT2D eigenvalue weighted by Gasteiger charge is -2.30. The Bertz CT molecular complexity index is 467. The second-order valence-corrected chi connectivity index (χ2v) is 4.63. The molecular formula is C13H17FN2O3. The van der Waals surface area contributed by atoms with Crippen LogP contribution in [0.3, 0.4) is 0 Å². The molecule has 1 fully saturated rings. The highest BCUT2D eigenvalue weighted by Gasteiger charge is 2.18. The molecule has 1 saturated heterocycles. The minimum Gasteiger partial charge on any atom is -0.478 e. The number of carbonyl (C=O) groups is 1. The standard InChI is InChI=1S/C13H17FN2O3/c1-16-4-5-19-10(8-16)7-15-12-3-2-9(14)6-11(12)13(17)18/h2-3,6,10,15H,4-5,7-8H2,1H3,(H,17,18). The fourth-order valence-corrected chi connectivity index (χ4v) is 2.06. The van der Waals surface area contributed by atoms with Gasteiger partial charge in [-0.2, -0.15) is 0 Å². The van der Waals surface area contributed by atoms with E-state index in [2.05, 4.69) is 10.2 Å². The van der Waals surface area contributed by atoms with Gasteiger partial charge in [0.25, 0.3) is 0 Å². The Labute approximate surface area is 111 Å². The third-order valence-electron chi connectivity index (χ3n) is 3.07. The fraction of sp³-hybridized carbons (Fsp3) is 0.462. The topological polar surface area (TPSA) is 61.8 Å². The van der Waals surface area contributed by atoms with Crippen molar-refractivity contribution in [2.24, 2.45) is 0 Å². The molecule has 0 bridgehead atoms. The second-order valence-electron chi connectivity index (χ2n) is 4.63. The van der Waals surface area contributed by atoms with E-state index < -0.39 is 11.8 Å². The number of hydrogen-bond donors (Lipinski definition) is 2. The lowest BCUT2D eigenvalue weighted by Crippen LogP contribution is -2.43. The molecule has 6 heteroatoms. The summed E-state index contributed by atoms with van der Waals surface area (Å²) in [6.45, 7) is 2.85. The summed E-state index contributed by atoms with van der Waals surface area (Å²) in [5, 5.41) is 12.0. The highest BCUT2D eigenvalue weighted by atomic mass is 19.1. The van der Waals surface area contributed by atoms with Crippen LogP contribution in [-0.4, -0.2) is 55.4 Å². The van der Waals surface area contributed by atoms with Gasteiger partial charge in [0.05, 0.1) is 18.3 Å². The number of nitrogens with zero attached hydrogens (tertiary/aromatic N) is 1. The van der Waals surface area contributed by atoms with Crippen molar-refractivity contribution in [1.82, 2.24) is 4.90 Å². The first-order valence-electron chi connectivity index (χ1n) is 6.13. The Hall–Kier alpha value is -1.66. The first-order valence-corrected chi connectivity index (χ1v) is 6.13. The fourth-order valence-electron chi connectivity index (χ4n) is 2.06. The summed E-state index contributed by atoms with van der Waals surface area (Å²) in [6, 6.07) is 3.69. The number of aromatic carboxylic acids is 1. The number of nitrogens with one attached hydrogen (secondary N) is 1. The van der Waals surface area contributed by atoms with Crippen LogP contribution in [-0.2, 0) is 4.74 Å². The molecule has 1 aliphatic rings. The van der Waals surface area contributed by atoms with Crippen LogP contribution >= 0.6 is 0 Å². The predicted molar refractivity (Wildman–Crippen MR) is 69.1 cm³/mol. The van der Waals surface area contributed by atoms with Crippen LogP contribution in [0.1, 0.15) is 10.4 Å². The van der Waals surface area contributed by atoms with Crippen LogP contribution in [0.4, 0.5) is 10.1 Å². The minimum atomic E-state index is -1.15. The lowest BCUT2D eigenvalue weighted by atomic mass is 10.1. The van der Waals surface area contributed by atoms with Crippen molar-refractivity contribution in [3.8, 4) is 0 Å². The molecule has 5 nitrogen and oxygen atoms in total. The highest BCUT2D eigenvalue weighted by molar-refractivity contribution is 5.94. The number of likely N-dealkylation sites (N-methyl/N-ethyl adjacent to an activating group) is 1. The van der Waals surface area contributed by atoms with Crippen molar-refractivity contribution in [2.75, 3.05) is 38.6 Å². The molecule has 1 unspecified atom stereocenters. The maximum Gasteiger partial charge on any atom is 0.337 e. The Balaban J connectivity index is 2.01. The molecule has 0 aromatic heterocycles. The lowest BCUT2D eigenvalue weighted by molar-refractivity contribution is -0.0117. The zero-order valence-corrected chi connectivity index (χ0v) is 10.7. The Kier molecular flexibility index (Phi) is 4.34. The molecule has 0 aliphatic carbocycles. The van der Waals surface area contributed by atoms with Crippen LogP contribution in [0.2, 0.25) is 0 Å². The average molecular weight is 268 g/mol. The van der Waals surface area contributed by atoms with Crippen LogP contribution in [0.5, 0.6) is 0 Å². The van der Waals surface area contributed by atoms with Gasteiger partial charge in [0.15, 0.2) is 0 Å². The zero-order chi connectivity index (χ0) is 13.8. The average Bonchev–Trinajstić information content (AvgIpc) is 2.37. The van der Waals surface area contributed by atoms with E-state index in [9.17, 15) is 9.18 Å². The molecule has 1 atom stereocenters. The van der Waals surface area contributed by atoms with Crippen molar-refractivity contribution in [3.63, 3.8) is 0 Å². The number of morpholine rings is 1. The number of carboxylic acids is 1. The van der Waals surface area contributed by atoms with Gasteiger partial charge in [0, 0.05) is 25.3 Å². The summed E-state index contributed by atoms with van der Waals surface area (Å²) in [5.41, 5.74) is 0.342.